The first kappa shape index (κ1) is 19.2. The van der Waals surface area contributed by atoms with Crippen LogP contribution in [0.1, 0.15) is 43.3 Å². The standard InChI is InChI=1S/C16H28N6O3S/c1-20-14(12-21-7-3-4-8-21)18-19-16(20)13-6-5-9-22(11-13)15(23)10-17-26(2,24)25/h13,17H,3-12H2,1-2H3/t13-/m0/s1. The van der Waals surface area contributed by atoms with Crippen LogP contribution in [0.15, 0.2) is 0 Å². The molecule has 146 valence electrons. The smallest absolute Gasteiger partial charge is 0.237 e. The first-order valence-corrected chi connectivity index (χ1v) is 11.1. The molecule has 2 fully saturated rings. The molecule has 1 N–H and O–H groups in total. The molecule has 1 atom stereocenters. The van der Waals surface area contributed by atoms with Crippen LogP contribution >= 0.6 is 0 Å². The molecule has 1 aromatic rings. The van der Waals surface area contributed by atoms with Gasteiger partial charge in [-0.05, 0) is 38.8 Å². The summed E-state index contributed by atoms with van der Waals surface area (Å²) >= 11 is 0. The molecule has 2 aliphatic heterocycles. The van der Waals surface area contributed by atoms with Crippen LogP contribution in [0, 0.1) is 0 Å². The number of nitrogens with zero attached hydrogens (tertiary/aromatic N) is 5. The molecule has 1 amide bonds. The molecule has 0 saturated carbocycles. The maximum atomic E-state index is 12.3. The van der Waals surface area contributed by atoms with E-state index in [2.05, 4.69) is 24.4 Å². The Morgan fingerprint density at radius 1 is 1.19 bits per heavy atom. The lowest BCUT2D eigenvalue weighted by molar-refractivity contribution is -0.131. The lowest BCUT2D eigenvalue weighted by Crippen LogP contribution is -2.44. The fourth-order valence-electron chi connectivity index (χ4n) is 3.73. The van der Waals surface area contributed by atoms with Crippen molar-refractivity contribution >= 4 is 15.9 Å². The van der Waals surface area contributed by atoms with Crippen molar-refractivity contribution in [2.75, 3.05) is 39.0 Å². The monoisotopic (exact) mass is 384 g/mol. The number of likely N-dealkylation sites (tertiary alicyclic amines) is 2. The summed E-state index contributed by atoms with van der Waals surface area (Å²) in [5, 5.41) is 8.77. The lowest BCUT2D eigenvalue weighted by atomic mass is 9.97. The van der Waals surface area contributed by atoms with Gasteiger partial charge in [0.2, 0.25) is 15.9 Å². The quantitative estimate of drug-likeness (QED) is 0.721. The third-order valence-corrected chi connectivity index (χ3v) is 5.86. The highest BCUT2D eigenvalue weighted by Crippen LogP contribution is 2.26. The van der Waals surface area contributed by atoms with Crippen LogP contribution in [0.5, 0.6) is 0 Å². The van der Waals surface area contributed by atoms with E-state index >= 15 is 0 Å². The Balaban J connectivity index is 1.62. The number of piperidine rings is 1. The topological polar surface area (TPSA) is 100 Å². The number of amides is 1. The van der Waals surface area contributed by atoms with Crippen LogP contribution in [0.25, 0.3) is 0 Å². The third-order valence-electron chi connectivity index (χ3n) is 5.19. The molecule has 0 aliphatic carbocycles. The van der Waals surface area contributed by atoms with E-state index in [1.54, 1.807) is 4.90 Å². The van der Waals surface area contributed by atoms with Gasteiger partial charge in [-0.3, -0.25) is 9.69 Å². The number of aromatic nitrogens is 3. The molecule has 2 saturated heterocycles. The van der Waals surface area contributed by atoms with Crippen LogP contribution in [0.4, 0.5) is 0 Å². The van der Waals surface area contributed by atoms with Crippen molar-refractivity contribution in [3.8, 4) is 0 Å². The molecule has 3 rings (SSSR count). The van der Waals surface area contributed by atoms with Crippen molar-refractivity contribution in [2.45, 2.75) is 38.1 Å². The van der Waals surface area contributed by atoms with Crippen LogP contribution in [-0.4, -0.2) is 77.9 Å². The number of nitrogens with one attached hydrogen (secondary N) is 1. The minimum atomic E-state index is -3.37. The molecule has 9 nitrogen and oxygen atoms in total. The Morgan fingerprint density at radius 3 is 2.62 bits per heavy atom. The van der Waals surface area contributed by atoms with Crippen molar-refractivity contribution in [1.29, 1.82) is 0 Å². The summed E-state index contributed by atoms with van der Waals surface area (Å²) < 4.78 is 26.7. The van der Waals surface area contributed by atoms with Crippen LogP contribution < -0.4 is 4.72 Å². The van der Waals surface area contributed by atoms with Crippen LogP contribution in [-0.2, 0) is 28.4 Å². The van der Waals surface area contributed by atoms with Gasteiger partial charge >= 0.3 is 0 Å². The zero-order valence-corrected chi connectivity index (χ0v) is 16.3. The zero-order chi connectivity index (χ0) is 18.7. The van der Waals surface area contributed by atoms with Crippen molar-refractivity contribution in [3.05, 3.63) is 11.6 Å². The van der Waals surface area contributed by atoms with Crippen molar-refractivity contribution in [3.63, 3.8) is 0 Å². The summed E-state index contributed by atoms with van der Waals surface area (Å²) in [6.45, 7) is 4.06. The summed E-state index contributed by atoms with van der Waals surface area (Å²) in [5.41, 5.74) is 0. The van der Waals surface area contributed by atoms with Crippen molar-refractivity contribution < 1.29 is 13.2 Å². The Hall–Kier alpha value is -1.52. The Kier molecular flexibility index (Phi) is 5.93. The first-order valence-electron chi connectivity index (χ1n) is 9.16. The predicted octanol–water partition coefficient (Wildman–Crippen LogP) is -0.334. The van der Waals surface area contributed by atoms with Gasteiger partial charge in [-0.15, -0.1) is 10.2 Å². The van der Waals surface area contributed by atoms with Gasteiger partial charge in [0, 0.05) is 26.1 Å². The van der Waals surface area contributed by atoms with E-state index in [1.807, 2.05) is 7.05 Å². The van der Waals surface area contributed by atoms with Gasteiger partial charge in [-0.25, -0.2) is 13.1 Å². The highest BCUT2D eigenvalue weighted by Gasteiger charge is 2.29. The Morgan fingerprint density at radius 2 is 1.92 bits per heavy atom. The van der Waals surface area contributed by atoms with Gasteiger partial charge in [-0.1, -0.05) is 0 Å². The van der Waals surface area contributed by atoms with Crippen molar-refractivity contribution in [2.24, 2.45) is 7.05 Å². The summed E-state index contributed by atoms with van der Waals surface area (Å²) in [5.74, 6) is 1.81. The molecule has 10 heteroatoms. The number of carbonyl (C=O) groups is 1. The average molecular weight is 385 g/mol. The van der Waals surface area contributed by atoms with E-state index in [0.29, 0.717) is 13.1 Å². The van der Waals surface area contributed by atoms with E-state index < -0.39 is 10.0 Å². The van der Waals surface area contributed by atoms with Gasteiger partial charge in [-0.2, -0.15) is 0 Å². The molecule has 0 bridgehead atoms. The van der Waals surface area contributed by atoms with Crippen molar-refractivity contribution in [1.82, 2.24) is 29.3 Å². The molecule has 0 unspecified atom stereocenters. The molecular formula is C16H28N6O3S. The number of hydrogen-bond acceptors (Lipinski definition) is 6. The SMILES string of the molecule is Cn1c(CN2CCCC2)nnc1[C@H]1CCCN(C(=O)CNS(C)(=O)=O)C1. The second-order valence-corrected chi connectivity index (χ2v) is 9.12. The predicted molar refractivity (Wildman–Crippen MR) is 96.9 cm³/mol. The first-order chi connectivity index (χ1) is 12.3. The minimum Gasteiger partial charge on any atom is -0.341 e. The van der Waals surface area contributed by atoms with Gasteiger partial charge < -0.3 is 9.47 Å². The number of carbonyl (C=O) groups excluding carboxylic acids is 1. The summed E-state index contributed by atoms with van der Waals surface area (Å²) in [4.78, 5) is 16.4. The highest BCUT2D eigenvalue weighted by molar-refractivity contribution is 7.88. The largest absolute Gasteiger partial charge is 0.341 e. The molecule has 0 radical (unpaired) electrons. The molecule has 0 aromatic carbocycles. The fourth-order valence-corrected chi connectivity index (χ4v) is 4.11. The maximum absolute atomic E-state index is 12.3. The van der Waals surface area contributed by atoms with Gasteiger partial charge in [0.1, 0.15) is 11.6 Å². The second kappa shape index (κ2) is 8.01. The number of sulfonamides is 1. The minimum absolute atomic E-state index is 0.135. The summed E-state index contributed by atoms with van der Waals surface area (Å²) in [6.07, 6.45) is 5.38. The van der Waals surface area contributed by atoms with E-state index in [-0.39, 0.29) is 18.4 Å². The van der Waals surface area contributed by atoms with E-state index in [9.17, 15) is 13.2 Å². The van der Waals surface area contributed by atoms with Gasteiger partial charge in [0.05, 0.1) is 19.3 Å². The molecular weight excluding hydrogens is 356 g/mol. The third kappa shape index (κ3) is 4.80. The van der Waals surface area contributed by atoms with Gasteiger partial charge in [0.25, 0.3) is 0 Å². The van der Waals surface area contributed by atoms with Crippen LogP contribution in [0.2, 0.25) is 0 Å². The normalized spacial score (nSPS) is 22.1. The van der Waals surface area contributed by atoms with E-state index in [0.717, 1.165) is 50.4 Å². The average Bonchev–Trinajstić information content (AvgIpc) is 3.23. The van der Waals surface area contributed by atoms with E-state index in [4.69, 9.17) is 0 Å². The number of hydrogen-bond donors (Lipinski definition) is 1. The lowest BCUT2D eigenvalue weighted by Gasteiger charge is -2.32. The molecule has 0 spiro atoms. The summed E-state index contributed by atoms with van der Waals surface area (Å²) in [6, 6.07) is 0. The van der Waals surface area contributed by atoms with E-state index in [1.165, 1.54) is 12.8 Å². The number of rotatable bonds is 6. The molecule has 3 heterocycles. The highest BCUT2D eigenvalue weighted by atomic mass is 32.2. The molecule has 2 aliphatic rings. The van der Waals surface area contributed by atoms with Crippen LogP contribution in [0.3, 0.4) is 0 Å². The second-order valence-electron chi connectivity index (χ2n) is 7.29. The molecule has 1 aromatic heterocycles. The zero-order valence-electron chi connectivity index (χ0n) is 15.5. The maximum Gasteiger partial charge on any atom is 0.237 e. The van der Waals surface area contributed by atoms with Gasteiger partial charge in [0.15, 0.2) is 0 Å². The Labute approximate surface area is 154 Å². The fraction of sp³-hybridized carbons (Fsp3) is 0.812. The molecule has 26 heavy (non-hydrogen) atoms. The summed E-state index contributed by atoms with van der Waals surface area (Å²) in [7, 11) is -1.37. The Bertz CT molecular complexity index is 741.